The van der Waals surface area contributed by atoms with Crippen LogP contribution in [0.15, 0.2) is 18.2 Å². The average molecular weight is 304 g/mol. The van der Waals surface area contributed by atoms with Gasteiger partial charge in [-0.2, -0.15) is 8.78 Å². The number of nitrogens with one attached hydrogen (secondary N) is 2. The number of rotatable bonds is 8. The third-order valence-electron chi connectivity index (χ3n) is 2.56. The Morgan fingerprint density at radius 3 is 2.62 bits per heavy atom. The molecule has 21 heavy (non-hydrogen) atoms. The van der Waals surface area contributed by atoms with Gasteiger partial charge in [0.05, 0.1) is 0 Å². The lowest BCUT2D eigenvalue weighted by Crippen LogP contribution is -2.24. The first-order valence-corrected chi connectivity index (χ1v) is 6.66. The SMILES string of the molecule is CC(C)NCCCC(=O)Nc1ccc(OC(F)F)c(F)c1. The van der Waals surface area contributed by atoms with E-state index >= 15 is 0 Å². The topological polar surface area (TPSA) is 50.4 Å². The van der Waals surface area contributed by atoms with Crippen LogP contribution in [0.4, 0.5) is 18.9 Å². The number of ether oxygens (including phenoxy) is 1. The van der Waals surface area contributed by atoms with Gasteiger partial charge in [-0.05, 0) is 25.1 Å². The van der Waals surface area contributed by atoms with Crippen LogP contribution in [0.5, 0.6) is 5.75 Å². The summed E-state index contributed by atoms with van der Waals surface area (Å²) in [6, 6.07) is 3.66. The minimum Gasteiger partial charge on any atom is -0.432 e. The maximum atomic E-state index is 13.4. The van der Waals surface area contributed by atoms with Gasteiger partial charge in [-0.15, -0.1) is 0 Å². The Balaban J connectivity index is 2.44. The fraction of sp³-hybridized carbons (Fsp3) is 0.500. The van der Waals surface area contributed by atoms with Crippen molar-refractivity contribution in [2.75, 3.05) is 11.9 Å². The summed E-state index contributed by atoms with van der Waals surface area (Å²) in [7, 11) is 0. The molecule has 4 nitrogen and oxygen atoms in total. The van der Waals surface area contributed by atoms with Gasteiger partial charge in [-0.1, -0.05) is 13.8 Å². The van der Waals surface area contributed by atoms with Crippen molar-refractivity contribution in [3.63, 3.8) is 0 Å². The summed E-state index contributed by atoms with van der Waals surface area (Å²) in [4.78, 5) is 11.6. The molecule has 0 aliphatic carbocycles. The summed E-state index contributed by atoms with van der Waals surface area (Å²) in [6.45, 7) is 1.63. The van der Waals surface area contributed by atoms with Crippen molar-refractivity contribution in [1.29, 1.82) is 0 Å². The molecule has 0 radical (unpaired) electrons. The van der Waals surface area contributed by atoms with Crippen LogP contribution in [0.25, 0.3) is 0 Å². The van der Waals surface area contributed by atoms with Crippen molar-refractivity contribution in [2.45, 2.75) is 39.3 Å². The van der Waals surface area contributed by atoms with E-state index in [4.69, 9.17) is 0 Å². The second-order valence-corrected chi connectivity index (χ2v) is 4.78. The van der Waals surface area contributed by atoms with E-state index in [1.54, 1.807) is 0 Å². The molecular weight excluding hydrogens is 285 g/mol. The van der Waals surface area contributed by atoms with Crippen molar-refractivity contribution in [1.82, 2.24) is 5.32 Å². The number of benzene rings is 1. The Morgan fingerprint density at radius 2 is 2.05 bits per heavy atom. The molecule has 0 aromatic heterocycles. The Morgan fingerprint density at radius 1 is 1.33 bits per heavy atom. The normalized spacial score (nSPS) is 11.0. The van der Waals surface area contributed by atoms with Crippen molar-refractivity contribution >= 4 is 11.6 Å². The summed E-state index contributed by atoms with van der Waals surface area (Å²) >= 11 is 0. The molecule has 0 saturated heterocycles. The second kappa shape index (κ2) is 8.51. The van der Waals surface area contributed by atoms with E-state index in [0.29, 0.717) is 19.0 Å². The minimum atomic E-state index is -3.09. The van der Waals surface area contributed by atoms with Gasteiger partial charge in [-0.25, -0.2) is 4.39 Å². The Labute approximate surface area is 121 Å². The quantitative estimate of drug-likeness (QED) is 0.725. The lowest BCUT2D eigenvalue weighted by Gasteiger charge is -2.10. The molecule has 0 unspecified atom stereocenters. The van der Waals surface area contributed by atoms with Crippen molar-refractivity contribution in [3.05, 3.63) is 24.0 Å². The van der Waals surface area contributed by atoms with Crippen LogP contribution in [0, 0.1) is 5.82 Å². The van der Waals surface area contributed by atoms with E-state index < -0.39 is 18.2 Å². The fourth-order valence-corrected chi connectivity index (χ4v) is 1.63. The third kappa shape index (κ3) is 6.99. The van der Waals surface area contributed by atoms with Crippen LogP contribution in [0.3, 0.4) is 0 Å². The van der Waals surface area contributed by atoms with E-state index in [2.05, 4.69) is 15.4 Å². The zero-order valence-electron chi connectivity index (χ0n) is 12.0. The van der Waals surface area contributed by atoms with Crippen molar-refractivity contribution in [2.24, 2.45) is 0 Å². The molecule has 0 aliphatic rings. The van der Waals surface area contributed by atoms with E-state index in [1.165, 1.54) is 6.07 Å². The average Bonchev–Trinajstić information content (AvgIpc) is 2.37. The largest absolute Gasteiger partial charge is 0.432 e. The van der Waals surface area contributed by atoms with E-state index in [9.17, 15) is 18.0 Å². The number of alkyl halides is 2. The highest BCUT2D eigenvalue weighted by Crippen LogP contribution is 2.22. The Bertz CT molecular complexity index is 468. The molecule has 1 aromatic carbocycles. The molecule has 0 saturated carbocycles. The monoisotopic (exact) mass is 304 g/mol. The van der Waals surface area contributed by atoms with Crippen LogP contribution in [0.2, 0.25) is 0 Å². The number of halogens is 3. The first-order chi connectivity index (χ1) is 9.88. The molecule has 0 atom stereocenters. The predicted molar refractivity (Wildman–Crippen MR) is 74.0 cm³/mol. The maximum absolute atomic E-state index is 13.4. The highest BCUT2D eigenvalue weighted by Gasteiger charge is 2.11. The van der Waals surface area contributed by atoms with Crippen LogP contribution >= 0.6 is 0 Å². The third-order valence-corrected chi connectivity index (χ3v) is 2.56. The van der Waals surface area contributed by atoms with Crippen LogP contribution in [-0.4, -0.2) is 25.1 Å². The highest BCUT2D eigenvalue weighted by molar-refractivity contribution is 5.90. The highest BCUT2D eigenvalue weighted by atomic mass is 19.3. The van der Waals surface area contributed by atoms with Crippen LogP contribution in [0.1, 0.15) is 26.7 Å². The predicted octanol–water partition coefficient (Wildman–Crippen LogP) is 3.14. The number of carbonyl (C=O) groups excluding carboxylic acids is 1. The Kier molecular flexibility index (Phi) is 7.01. The molecule has 0 heterocycles. The molecule has 1 rings (SSSR count). The van der Waals surface area contributed by atoms with E-state index in [0.717, 1.165) is 12.1 Å². The van der Waals surface area contributed by atoms with Gasteiger partial charge in [0.25, 0.3) is 0 Å². The minimum absolute atomic E-state index is 0.205. The molecule has 0 bridgehead atoms. The number of amides is 1. The van der Waals surface area contributed by atoms with E-state index in [-0.39, 0.29) is 18.0 Å². The number of hydrogen-bond acceptors (Lipinski definition) is 3. The van der Waals surface area contributed by atoms with Crippen LogP contribution < -0.4 is 15.4 Å². The molecule has 118 valence electrons. The summed E-state index contributed by atoms with van der Waals surface area (Å²) in [5.41, 5.74) is 0.205. The summed E-state index contributed by atoms with van der Waals surface area (Å²) in [5.74, 6) is -1.76. The van der Waals surface area contributed by atoms with Crippen LogP contribution in [-0.2, 0) is 4.79 Å². The van der Waals surface area contributed by atoms with Crippen molar-refractivity contribution in [3.8, 4) is 5.75 Å². The summed E-state index contributed by atoms with van der Waals surface area (Å²) in [5, 5.41) is 5.67. The fourth-order valence-electron chi connectivity index (χ4n) is 1.63. The molecule has 1 aromatic rings. The molecule has 2 N–H and O–H groups in total. The second-order valence-electron chi connectivity index (χ2n) is 4.78. The van der Waals surface area contributed by atoms with Gasteiger partial charge < -0.3 is 15.4 Å². The number of carbonyl (C=O) groups is 1. The lowest BCUT2D eigenvalue weighted by atomic mass is 10.2. The summed E-state index contributed by atoms with van der Waals surface area (Å²) < 4.78 is 41.4. The molecule has 0 spiro atoms. The zero-order valence-corrected chi connectivity index (χ0v) is 12.0. The molecule has 0 aliphatic heterocycles. The lowest BCUT2D eigenvalue weighted by molar-refractivity contribution is -0.116. The standard InChI is InChI=1S/C14H19F3N2O2/c1-9(2)18-7-3-4-13(20)19-10-5-6-12(11(15)8-10)21-14(16)17/h5-6,8-9,14,18H,3-4,7H2,1-2H3,(H,19,20). The first-order valence-electron chi connectivity index (χ1n) is 6.66. The van der Waals surface area contributed by atoms with Gasteiger partial charge in [0.2, 0.25) is 5.91 Å². The summed E-state index contributed by atoms with van der Waals surface area (Å²) in [6.07, 6.45) is 0.940. The zero-order chi connectivity index (χ0) is 15.8. The number of anilines is 1. The molecule has 0 fully saturated rings. The molecular formula is C14H19F3N2O2. The maximum Gasteiger partial charge on any atom is 0.387 e. The van der Waals surface area contributed by atoms with E-state index in [1.807, 2.05) is 13.8 Å². The van der Waals surface area contributed by atoms with Crippen molar-refractivity contribution < 1.29 is 22.7 Å². The molecule has 1 amide bonds. The Hall–Kier alpha value is -1.76. The van der Waals surface area contributed by atoms with Gasteiger partial charge in [-0.3, -0.25) is 4.79 Å². The smallest absolute Gasteiger partial charge is 0.387 e. The van der Waals surface area contributed by atoms with Gasteiger partial charge >= 0.3 is 6.61 Å². The molecule has 7 heteroatoms. The van der Waals surface area contributed by atoms with Gasteiger partial charge in [0.1, 0.15) is 0 Å². The van der Waals surface area contributed by atoms with Gasteiger partial charge in [0, 0.05) is 24.2 Å². The first kappa shape index (κ1) is 17.3. The number of hydrogen-bond donors (Lipinski definition) is 2. The van der Waals surface area contributed by atoms with Gasteiger partial charge in [0.15, 0.2) is 11.6 Å².